The number of benzene rings is 2. The molecule has 2 rings (SSSR count). The van der Waals surface area contributed by atoms with E-state index in [4.69, 9.17) is 9.47 Å². The number of rotatable bonds is 7. The summed E-state index contributed by atoms with van der Waals surface area (Å²) in [7, 11) is 0. The van der Waals surface area contributed by atoms with Gasteiger partial charge in [0.15, 0.2) is 0 Å². The van der Waals surface area contributed by atoms with Gasteiger partial charge in [-0.1, -0.05) is 27.2 Å². The normalized spacial score (nSPS) is 11.7. The molecule has 0 aliphatic rings. The Morgan fingerprint density at radius 1 is 0.700 bits per heavy atom. The van der Waals surface area contributed by atoms with Crippen molar-refractivity contribution in [3.63, 3.8) is 0 Å². The molecule has 8 heteroatoms. The molecule has 0 bridgehead atoms. The molecule has 0 aromatic heterocycles. The van der Waals surface area contributed by atoms with Gasteiger partial charge in [-0.3, -0.25) is 0 Å². The summed E-state index contributed by atoms with van der Waals surface area (Å²) in [5.74, 6) is 1.31. The molecule has 30 heavy (non-hydrogen) atoms. The van der Waals surface area contributed by atoms with Crippen LogP contribution in [0, 0.1) is 5.92 Å². The number of hydrogen-bond donors (Lipinski definition) is 0. The monoisotopic (exact) mass is 436 g/mol. The third-order valence-corrected chi connectivity index (χ3v) is 3.71. The van der Waals surface area contributed by atoms with Crippen molar-refractivity contribution in [1.82, 2.24) is 0 Å². The minimum atomic E-state index is -4.28. The maximum absolute atomic E-state index is 12.2. The summed E-state index contributed by atoms with van der Waals surface area (Å²) >= 11 is 0. The molecule has 0 unspecified atom stereocenters. The van der Waals surface area contributed by atoms with Gasteiger partial charge in [-0.05, 0) is 60.9 Å². The first kappa shape index (κ1) is 25.7. The van der Waals surface area contributed by atoms with Crippen LogP contribution in [0.3, 0.4) is 0 Å². The summed E-state index contributed by atoms with van der Waals surface area (Å²) in [4.78, 5) is 0. The Labute approximate surface area is 172 Å². The molecule has 2 aromatic rings. The Hall–Kier alpha value is -2.38. The predicted molar refractivity (Wildman–Crippen MR) is 104 cm³/mol. The van der Waals surface area contributed by atoms with Gasteiger partial charge < -0.3 is 9.47 Å². The van der Waals surface area contributed by atoms with Gasteiger partial charge in [-0.2, -0.15) is 26.3 Å². The fraction of sp³-hybridized carbons (Fsp3) is 0.455. The molecule has 2 aromatic carbocycles. The van der Waals surface area contributed by atoms with Gasteiger partial charge in [-0.15, -0.1) is 0 Å². The van der Waals surface area contributed by atoms with Crippen LogP contribution in [-0.4, -0.2) is 13.2 Å². The molecule has 0 N–H and O–H groups in total. The van der Waals surface area contributed by atoms with Crippen molar-refractivity contribution < 1.29 is 35.8 Å². The number of ether oxygens (including phenoxy) is 2. The summed E-state index contributed by atoms with van der Waals surface area (Å²) in [5.41, 5.74) is -1.30. The van der Waals surface area contributed by atoms with E-state index in [2.05, 4.69) is 0 Å². The largest absolute Gasteiger partial charge is 0.494 e. The predicted octanol–water partition coefficient (Wildman–Crippen LogP) is 7.62. The lowest BCUT2D eigenvalue weighted by Gasteiger charge is -2.10. The van der Waals surface area contributed by atoms with E-state index >= 15 is 0 Å². The quantitative estimate of drug-likeness (QED) is 0.328. The molecule has 0 fully saturated rings. The van der Waals surface area contributed by atoms with Gasteiger partial charge in [0.2, 0.25) is 0 Å². The van der Waals surface area contributed by atoms with Gasteiger partial charge in [0.05, 0.1) is 24.3 Å². The zero-order valence-corrected chi connectivity index (χ0v) is 17.1. The second-order valence-electron chi connectivity index (χ2n) is 6.95. The lowest BCUT2D eigenvalue weighted by atomic mass is 10.2. The van der Waals surface area contributed by atoms with Crippen molar-refractivity contribution in [3.05, 3.63) is 59.7 Å². The van der Waals surface area contributed by atoms with Crippen LogP contribution in [0.4, 0.5) is 26.3 Å². The third-order valence-electron chi connectivity index (χ3n) is 3.71. The van der Waals surface area contributed by atoms with E-state index in [0.29, 0.717) is 30.6 Å². The standard InChI is InChI=1S/2C11H13F3O/c1-8(2)7-15-10-5-3-9(4-6-10)11(12,13)14;1-2-3-8-15-10-6-4-9(5-7-10)11(12,13)14/h3-6,8H,7H2,1-2H3;4-7H,2-3,8H2,1H3. The van der Waals surface area contributed by atoms with Crippen molar-refractivity contribution in [1.29, 1.82) is 0 Å². The minimum absolute atomic E-state index is 0.354. The summed E-state index contributed by atoms with van der Waals surface area (Å²) in [6, 6.07) is 9.47. The van der Waals surface area contributed by atoms with E-state index in [1.54, 1.807) is 0 Å². The van der Waals surface area contributed by atoms with E-state index in [1.807, 2.05) is 20.8 Å². The van der Waals surface area contributed by atoms with Gasteiger partial charge in [0, 0.05) is 0 Å². The Bertz CT molecular complexity index is 719. The summed E-state index contributed by atoms with van der Waals surface area (Å²) in [6.07, 6.45) is -6.65. The Balaban J connectivity index is 0.000000300. The van der Waals surface area contributed by atoms with Crippen molar-refractivity contribution in [2.45, 2.75) is 46.0 Å². The molecule has 0 amide bonds. The highest BCUT2D eigenvalue weighted by atomic mass is 19.4. The fourth-order valence-electron chi connectivity index (χ4n) is 2.08. The summed E-state index contributed by atoms with van der Waals surface area (Å²) in [6.45, 7) is 7.03. The Kier molecular flexibility index (Phi) is 10.0. The topological polar surface area (TPSA) is 18.5 Å². The molecule has 0 saturated carbocycles. The average molecular weight is 436 g/mol. The molecule has 2 nitrogen and oxygen atoms in total. The van der Waals surface area contributed by atoms with Crippen LogP contribution < -0.4 is 9.47 Å². The number of hydrogen-bond acceptors (Lipinski definition) is 2. The first-order valence-corrected chi connectivity index (χ1v) is 9.53. The Morgan fingerprint density at radius 2 is 1.10 bits per heavy atom. The SMILES string of the molecule is CC(C)COc1ccc(C(F)(F)F)cc1.CCCCOc1ccc(C(F)(F)F)cc1. The van der Waals surface area contributed by atoms with Gasteiger partial charge in [-0.25, -0.2) is 0 Å². The summed E-state index contributed by atoms with van der Waals surface area (Å²) < 4.78 is 83.6. The maximum Gasteiger partial charge on any atom is 0.416 e. The first-order chi connectivity index (χ1) is 13.9. The number of halogens is 6. The van der Waals surface area contributed by atoms with Crippen LogP contribution in [0.25, 0.3) is 0 Å². The highest BCUT2D eigenvalue weighted by Crippen LogP contribution is 2.31. The molecule has 0 aliphatic carbocycles. The number of alkyl halides is 6. The van der Waals surface area contributed by atoms with E-state index < -0.39 is 23.5 Å². The lowest BCUT2D eigenvalue weighted by molar-refractivity contribution is -0.138. The first-order valence-electron chi connectivity index (χ1n) is 9.53. The van der Waals surface area contributed by atoms with E-state index in [9.17, 15) is 26.3 Å². The average Bonchev–Trinajstić information content (AvgIpc) is 2.66. The van der Waals surface area contributed by atoms with Crippen LogP contribution >= 0.6 is 0 Å². The van der Waals surface area contributed by atoms with Crippen LogP contribution in [0.15, 0.2) is 48.5 Å². The van der Waals surface area contributed by atoms with Gasteiger partial charge in [0.25, 0.3) is 0 Å². The molecule has 0 saturated heterocycles. The lowest BCUT2D eigenvalue weighted by Crippen LogP contribution is -2.06. The smallest absolute Gasteiger partial charge is 0.416 e. The molecule has 168 valence electrons. The van der Waals surface area contributed by atoms with Gasteiger partial charge in [0.1, 0.15) is 11.5 Å². The van der Waals surface area contributed by atoms with Crippen LogP contribution in [0.5, 0.6) is 11.5 Å². The molecular weight excluding hydrogens is 410 g/mol. The van der Waals surface area contributed by atoms with Crippen molar-refractivity contribution >= 4 is 0 Å². The fourth-order valence-corrected chi connectivity index (χ4v) is 2.08. The zero-order chi connectivity index (χ0) is 22.8. The maximum atomic E-state index is 12.2. The van der Waals surface area contributed by atoms with Crippen molar-refractivity contribution in [2.75, 3.05) is 13.2 Å². The minimum Gasteiger partial charge on any atom is -0.494 e. The highest BCUT2D eigenvalue weighted by molar-refractivity contribution is 5.29. The van der Waals surface area contributed by atoms with E-state index in [-0.39, 0.29) is 0 Å². The van der Waals surface area contributed by atoms with E-state index in [1.165, 1.54) is 24.3 Å². The molecule has 0 spiro atoms. The highest BCUT2D eigenvalue weighted by Gasteiger charge is 2.30. The molecule has 0 heterocycles. The Morgan fingerprint density at radius 3 is 1.43 bits per heavy atom. The summed E-state index contributed by atoms with van der Waals surface area (Å²) in [5, 5.41) is 0. The zero-order valence-electron chi connectivity index (χ0n) is 17.1. The van der Waals surface area contributed by atoms with Crippen molar-refractivity contribution in [2.24, 2.45) is 5.92 Å². The molecule has 0 aliphatic heterocycles. The van der Waals surface area contributed by atoms with Crippen LogP contribution in [0.1, 0.15) is 44.7 Å². The second-order valence-corrected chi connectivity index (χ2v) is 6.95. The third kappa shape index (κ3) is 9.89. The van der Waals surface area contributed by atoms with Crippen molar-refractivity contribution in [3.8, 4) is 11.5 Å². The van der Waals surface area contributed by atoms with E-state index in [0.717, 1.165) is 37.1 Å². The second kappa shape index (κ2) is 11.7. The molecule has 0 atom stereocenters. The molecular formula is C22H26F6O2. The molecule has 0 radical (unpaired) electrons. The van der Waals surface area contributed by atoms with Crippen LogP contribution in [0.2, 0.25) is 0 Å². The van der Waals surface area contributed by atoms with Crippen LogP contribution in [-0.2, 0) is 12.4 Å². The number of unbranched alkanes of at least 4 members (excludes halogenated alkanes) is 1. The van der Waals surface area contributed by atoms with Gasteiger partial charge >= 0.3 is 12.4 Å².